The third-order valence-electron chi connectivity index (χ3n) is 5.44. The van der Waals surface area contributed by atoms with Gasteiger partial charge in [-0.1, -0.05) is 23.8 Å². The fraction of sp³-hybridized carbons (Fsp3) is 0.444. The zero-order valence-electron chi connectivity index (χ0n) is 22.0. The van der Waals surface area contributed by atoms with Crippen molar-refractivity contribution in [1.29, 1.82) is 0 Å². The van der Waals surface area contributed by atoms with Gasteiger partial charge >= 0.3 is 6.09 Å². The smallest absolute Gasteiger partial charge is 0.408 e. The normalized spacial score (nSPS) is 12.8. The molecule has 2 atom stereocenters. The van der Waals surface area contributed by atoms with E-state index in [1.807, 2.05) is 32.0 Å². The van der Waals surface area contributed by atoms with E-state index in [9.17, 15) is 14.4 Å². The number of anilines is 1. The van der Waals surface area contributed by atoms with Crippen molar-refractivity contribution in [1.82, 2.24) is 10.2 Å². The number of likely N-dealkylation sites (N-methyl/N-ethyl adjacent to an activating group) is 1. The number of carbonyl (C=O) groups is 3. The van der Waals surface area contributed by atoms with E-state index in [4.69, 9.17) is 9.47 Å². The SMILES string of the molecule is CCN(C(=O)C(CS)NC(=O)OC(C)(C)C)C(C(=O)Nc1ccc(OC)cc1)c1cc(C)ccc1C. The number of nitrogens with zero attached hydrogens (tertiary/aromatic N) is 1. The van der Waals surface area contributed by atoms with Crippen LogP contribution in [0.5, 0.6) is 5.75 Å². The lowest BCUT2D eigenvalue weighted by Crippen LogP contribution is -2.53. The first kappa shape index (κ1) is 29.0. The number of hydrogen-bond acceptors (Lipinski definition) is 6. The Labute approximate surface area is 219 Å². The molecule has 0 aliphatic carbocycles. The van der Waals surface area contributed by atoms with Gasteiger partial charge in [-0.3, -0.25) is 9.59 Å². The average molecular weight is 516 g/mol. The predicted molar refractivity (Wildman–Crippen MR) is 145 cm³/mol. The minimum Gasteiger partial charge on any atom is -0.497 e. The molecule has 0 saturated heterocycles. The summed E-state index contributed by atoms with van der Waals surface area (Å²) in [6, 6.07) is 10.8. The van der Waals surface area contributed by atoms with Gasteiger partial charge in [0.1, 0.15) is 23.4 Å². The van der Waals surface area contributed by atoms with Gasteiger partial charge in [0, 0.05) is 18.0 Å². The summed E-state index contributed by atoms with van der Waals surface area (Å²) in [5.74, 6) is -0.114. The number of benzene rings is 2. The van der Waals surface area contributed by atoms with Crippen molar-refractivity contribution in [3.8, 4) is 5.75 Å². The largest absolute Gasteiger partial charge is 0.497 e. The van der Waals surface area contributed by atoms with E-state index in [0.717, 1.165) is 11.1 Å². The van der Waals surface area contributed by atoms with Crippen molar-refractivity contribution in [3.63, 3.8) is 0 Å². The van der Waals surface area contributed by atoms with Gasteiger partial charge in [0.2, 0.25) is 5.91 Å². The maximum absolute atomic E-state index is 13.7. The zero-order valence-corrected chi connectivity index (χ0v) is 22.9. The fourth-order valence-corrected chi connectivity index (χ4v) is 3.94. The molecule has 0 aromatic heterocycles. The minimum absolute atomic E-state index is 0.0359. The molecule has 0 bridgehead atoms. The Hall–Kier alpha value is -3.20. The molecule has 2 aromatic carbocycles. The Balaban J connectivity index is 2.43. The Morgan fingerprint density at radius 3 is 2.22 bits per heavy atom. The van der Waals surface area contributed by atoms with Crippen LogP contribution in [0.25, 0.3) is 0 Å². The van der Waals surface area contributed by atoms with Crippen molar-refractivity contribution in [2.24, 2.45) is 0 Å². The second kappa shape index (κ2) is 12.7. The summed E-state index contributed by atoms with van der Waals surface area (Å²) in [5, 5.41) is 5.51. The van der Waals surface area contributed by atoms with Crippen LogP contribution in [-0.4, -0.2) is 53.9 Å². The Bertz CT molecular complexity index is 1070. The highest BCUT2D eigenvalue weighted by atomic mass is 32.1. The van der Waals surface area contributed by atoms with Crippen LogP contribution in [0.1, 0.15) is 50.4 Å². The first-order valence-electron chi connectivity index (χ1n) is 11.8. The van der Waals surface area contributed by atoms with Crippen molar-refractivity contribution in [2.75, 3.05) is 24.7 Å². The van der Waals surface area contributed by atoms with Gasteiger partial charge in [0.25, 0.3) is 5.91 Å². The van der Waals surface area contributed by atoms with Gasteiger partial charge < -0.3 is 25.0 Å². The van der Waals surface area contributed by atoms with Crippen LogP contribution in [0.4, 0.5) is 10.5 Å². The van der Waals surface area contributed by atoms with E-state index < -0.39 is 29.7 Å². The van der Waals surface area contributed by atoms with E-state index in [2.05, 4.69) is 23.3 Å². The quantitative estimate of drug-likeness (QED) is 0.422. The Morgan fingerprint density at radius 1 is 1.06 bits per heavy atom. The Kier molecular flexibility index (Phi) is 10.2. The summed E-state index contributed by atoms with van der Waals surface area (Å²) in [5.41, 5.74) is 2.37. The second-order valence-electron chi connectivity index (χ2n) is 9.49. The van der Waals surface area contributed by atoms with Gasteiger partial charge in [0.05, 0.1) is 7.11 Å². The number of alkyl carbamates (subject to hydrolysis) is 1. The molecule has 2 rings (SSSR count). The average Bonchev–Trinajstić information content (AvgIpc) is 2.81. The molecule has 0 heterocycles. The van der Waals surface area contributed by atoms with Crippen LogP contribution < -0.4 is 15.4 Å². The molecule has 8 nitrogen and oxygen atoms in total. The van der Waals surface area contributed by atoms with Crippen molar-refractivity contribution in [3.05, 3.63) is 59.2 Å². The predicted octanol–water partition coefficient (Wildman–Crippen LogP) is 4.66. The number of ether oxygens (including phenoxy) is 2. The maximum Gasteiger partial charge on any atom is 0.408 e. The topological polar surface area (TPSA) is 97.0 Å². The molecule has 2 unspecified atom stereocenters. The van der Waals surface area contributed by atoms with Crippen LogP contribution in [0, 0.1) is 13.8 Å². The number of rotatable bonds is 9. The van der Waals surface area contributed by atoms with Gasteiger partial charge in [0.15, 0.2) is 0 Å². The van der Waals surface area contributed by atoms with Crippen LogP contribution in [0.2, 0.25) is 0 Å². The molecule has 2 N–H and O–H groups in total. The molecule has 3 amide bonds. The highest BCUT2D eigenvalue weighted by Crippen LogP contribution is 2.28. The van der Waals surface area contributed by atoms with Gasteiger partial charge in [-0.2, -0.15) is 12.6 Å². The van der Waals surface area contributed by atoms with E-state index in [0.29, 0.717) is 17.0 Å². The van der Waals surface area contributed by atoms with Crippen LogP contribution in [-0.2, 0) is 14.3 Å². The summed E-state index contributed by atoms with van der Waals surface area (Å²) in [4.78, 5) is 41.2. The minimum atomic E-state index is -0.982. The highest BCUT2D eigenvalue weighted by molar-refractivity contribution is 7.80. The summed E-state index contributed by atoms with van der Waals surface area (Å²) >= 11 is 4.29. The molecule has 0 spiro atoms. The third kappa shape index (κ3) is 7.91. The standard InChI is InChI=1S/C27H37N3O5S/c1-8-30(25(32)22(16-36)29-26(33)35-27(4,5)6)23(21-15-17(2)9-10-18(21)3)24(31)28-19-11-13-20(34-7)14-12-19/h9-15,22-23,36H,8,16H2,1-7H3,(H,28,31)(H,29,33). The van der Waals surface area contributed by atoms with Crippen molar-refractivity contribution < 1.29 is 23.9 Å². The van der Waals surface area contributed by atoms with Crippen molar-refractivity contribution in [2.45, 2.75) is 59.2 Å². The monoisotopic (exact) mass is 515 g/mol. The molecule has 36 heavy (non-hydrogen) atoms. The summed E-state index contributed by atoms with van der Waals surface area (Å²) in [6.45, 7) is 11.1. The van der Waals surface area contributed by atoms with E-state index in [-0.39, 0.29) is 18.2 Å². The molecule has 0 aliphatic heterocycles. The number of hydrogen-bond donors (Lipinski definition) is 3. The number of amides is 3. The van der Waals surface area contributed by atoms with Crippen LogP contribution >= 0.6 is 12.6 Å². The molecular formula is C27H37N3O5S. The molecule has 0 aliphatic rings. The Morgan fingerprint density at radius 2 is 1.69 bits per heavy atom. The number of carbonyl (C=O) groups excluding carboxylic acids is 3. The third-order valence-corrected chi connectivity index (χ3v) is 5.81. The first-order valence-corrected chi connectivity index (χ1v) is 12.5. The van der Waals surface area contributed by atoms with Crippen LogP contribution in [0.3, 0.4) is 0 Å². The van der Waals surface area contributed by atoms with Crippen molar-refractivity contribution >= 4 is 36.2 Å². The fourth-order valence-electron chi connectivity index (χ4n) is 3.69. The number of thiol groups is 1. The van der Waals surface area contributed by atoms with Gasteiger partial charge in [-0.25, -0.2) is 4.79 Å². The number of nitrogens with one attached hydrogen (secondary N) is 2. The number of methoxy groups -OCH3 is 1. The maximum atomic E-state index is 13.7. The van der Waals surface area contributed by atoms with E-state index in [1.54, 1.807) is 59.1 Å². The highest BCUT2D eigenvalue weighted by Gasteiger charge is 2.36. The summed E-state index contributed by atoms with van der Waals surface area (Å²) in [6.07, 6.45) is -0.725. The molecule has 0 radical (unpaired) electrons. The summed E-state index contributed by atoms with van der Waals surface area (Å²) < 4.78 is 10.5. The lowest BCUT2D eigenvalue weighted by molar-refractivity contribution is -0.140. The number of aryl methyl sites for hydroxylation is 2. The molecule has 196 valence electrons. The molecular weight excluding hydrogens is 478 g/mol. The lowest BCUT2D eigenvalue weighted by atomic mass is 9.96. The van der Waals surface area contributed by atoms with Gasteiger partial charge in [-0.05, 0) is 76.9 Å². The second-order valence-corrected chi connectivity index (χ2v) is 9.85. The molecule has 0 fully saturated rings. The molecule has 2 aromatic rings. The molecule has 0 saturated carbocycles. The van der Waals surface area contributed by atoms with Crippen LogP contribution in [0.15, 0.2) is 42.5 Å². The lowest BCUT2D eigenvalue weighted by Gasteiger charge is -2.34. The van der Waals surface area contributed by atoms with E-state index >= 15 is 0 Å². The van der Waals surface area contributed by atoms with E-state index in [1.165, 1.54) is 4.90 Å². The van der Waals surface area contributed by atoms with Gasteiger partial charge in [-0.15, -0.1) is 0 Å². The summed E-state index contributed by atoms with van der Waals surface area (Å²) in [7, 11) is 1.57. The first-order chi connectivity index (χ1) is 16.9. The zero-order chi connectivity index (χ0) is 27.0. The molecule has 9 heteroatoms.